The maximum atomic E-state index is 12.4. The monoisotopic (exact) mass is 339 g/mol. The van der Waals surface area contributed by atoms with Gasteiger partial charge in [-0.05, 0) is 62.1 Å². The molecule has 1 N–H and O–H groups in total. The topological polar surface area (TPSA) is 64.6 Å². The van der Waals surface area contributed by atoms with Crippen LogP contribution in [0.15, 0.2) is 48.5 Å². The predicted molar refractivity (Wildman–Crippen MR) is 95.1 cm³/mol. The number of rotatable bonds is 5. The van der Waals surface area contributed by atoms with Crippen LogP contribution in [0.25, 0.3) is 0 Å². The first-order valence-corrected chi connectivity index (χ1v) is 8.43. The molecule has 5 nitrogen and oxygen atoms in total. The van der Waals surface area contributed by atoms with E-state index in [2.05, 4.69) is 5.32 Å². The molecule has 5 heteroatoms. The molecule has 0 radical (unpaired) electrons. The van der Waals surface area contributed by atoms with E-state index in [-0.39, 0.29) is 12.0 Å². The van der Waals surface area contributed by atoms with E-state index in [9.17, 15) is 9.59 Å². The number of para-hydroxylation sites is 1. The van der Waals surface area contributed by atoms with E-state index in [4.69, 9.17) is 9.47 Å². The van der Waals surface area contributed by atoms with Crippen molar-refractivity contribution in [3.05, 3.63) is 59.7 Å². The van der Waals surface area contributed by atoms with Crippen LogP contribution in [0, 0.1) is 0 Å². The fraction of sp³-hybridized carbons (Fsp3) is 0.300. The highest BCUT2D eigenvalue weighted by Crippen LogP contribution is 2.24. The van der Waals surface area contributed by atoms with E-state index in [1.54, 1.807) is 48.5 Å². The first-order valence-electron chi connectivity index (χ1n) is 8.43. The second-order valence-corrected chi connectivity index (χ2v) is 6.04. The highest BCUT2D eigenvalue weighted by atomic mass is 16.5. The van der Waals surface area contributed by atoms with Gasteiger partial charge in [0, 0.05) is 5.56 Å². The molecule has 0 spiro atoms. The number of carbonyl (C=O) groups excluding carboxylic acids is 2. The van der Waals surface area contributed by atoms with Crippen molar-refractivity contribution >= 4 is 17.6 Å². The van der Waals surface area contributed by atoms with Crippen molar-refractivity contribution in [3.63, 3.8) is 0 Å². The van der Waals surface area contributed by atoms with E-state index in [0.29, 0.717) is 16.8 Å². The number of anilines is 1. The Balaban J connectivity index is 1.68. The number of benzene rings is 2. The molecule has 25 heavy (non-hydrogen) atoms. The second kappa shape index (κ2) is 7.83. The van der Waals surface area contributed by atoms with Crippen molar-refractivity contribution in [1.82, 2.24) is 0 Å². The summed E-state index contributed by atoms with van der Waals surface area (Å²) in [6.07, 6.45) is 4.89. The number of ether oxygens (including phenoxy) is 2. The van der Waals surface area contributed by atoms with Crippen molar-refractivity contribution in [2.45, 2.75) is 31.8 Å². The molecule has 3 rings (SSSR count). The van der Waals surface area contributed by atoms with Crippen LogP contribution in [0.3, 0.4) is 0 Å². The largest absolute Gasteiger partial charge is 0.490 e. The molecule has 0 unspecified atom stereocenters. The Bertz CT molecular complexity index is 749. The first-order chi connectivity index (χ1) is 12.2. The van der Waals surface area contributed by atoms with Crippen molar-refractivity contribution < 1.29 is 19.1 Å². The van der Waals surface area contributed by atoms with Gasteiger partial charge >= 0.3 is 5.97 Å². The number of hydrogen-bond acceptors (Lipinski definition) is 4. The fourth-order valence-corrected chi connectivity index (χ4v) is 2.96. The molecular weight excluding hydrogens is 318 g/mol. The van der Waals surface area contributed by atoms with Crippen molar-refractivity contribution in [2.24, 2.45) is 0 Å². The molecule has 0 saturated heterocycles. The van der Waals surface area contributed by atoms with Gasteiger partial charge in [0.15, 0.2) is 0 Å². The molecule has 0 aliphatic heterocycles. The van der Waals surface area contributed by atoms with Crippen molar-refractivity contribution in [3.8, 4) is 5.75 Å². The summed E-state index contributed by atoms with van der Waals surface area (Å²) >= 11 is 0. The molecule has 2 aromatic carbocycles. The Labute approximate surface area is 147 Å². The molecule has 1 saturated carbocycles. The number of nitrogens with one attached hydrogen (secondary N) is 1. The lowest BCUT2D eigenvalue weighted by atomic mass is 10.1. The van der Waals surface area contributed by atoms with Gasteiger partial charge in [-0.1, -0.05) is 12.1 Å². The summed E-state index contributed by atoms with van der Waals surface area (Å²) in [6, 6.07) is 13.8. The summed E-state index contributed by atoms with van der Waals surface area (Å²) in [4.78, 5) is 24.2. The average Bonchev–Trinajstić information content (AvgIpc) is 3.15. The quantitative estimate of drug-likeness (QED) is 0.835. The Kier molecular flexibility index (Phi) is 5.33. The number of carbonyl (C=O) groups is 2. The zero-order valence-corrected chi connectivity index (χ0v) is 14.2. The van der Waals surface area contributed by atoms with Gasteiger partial charge in [0.05, 0.1) is 24.5 Å². The highest BCUT2D eigenvalue weighted by Gasteiger charge is 2.17. The molecule has 1 aliphatic carbocycles. The molecule has 130 valence electrons. The Morgan fingerprint density at radius 1 is 1.00 bits per heavy atom. The number of amides is 1. The van der Waals surface area contributed by atoms with Crippen molar-refractivity contribution in [1.29, 1.82) is 0 Å². The number of hydrogen-bond donors (Lipinski definition) is 1. The zero-order valence-electron chi connectivity index (χ0n) is 14.2. The second-order valence-electron chi connectivity index (χ2n) is 6.04. The number of esters is 1. The summed E-state index contributed by atoms with van der Waals surface area (Å²) in [5, 5.41) is 2.75. The lowest BCUT2D eigenvalue weighted by Gasteiger charge is -2.13. The van der Waals surface area contributed by atoms with E-state index in [0.717, 1.165) is 18.6 Å². The summed E-state index contributed by atoms with van der Waals surface area (Å²) in [7, 11) is 1.31. The van der Waals surface area contributed by atoms with Crippen LogP contribution in [0.1, 0.15) is 46.4 Å². The zero-order chi connectivity index (χ0) is 17.6. The van der Waals surface area contributed by atoms with Crippen LogP contribution in [-0.2, 0) is 4.74 Å². The maximum absolute atomic E-state index is 12.4. The van der Waals surface area contributed by atoms with Gasteiger partial charge in [-0.3, -0.25) is 4.79 Å². The molecule has 0 bridgehead atoms. The van der Waals surface area contributed by atoms with Crippen LogP contribution in [0.2, 0.25) is 0 Å². The fourth-order valence-electron chi connectivity index (χ4n) is 2.96. The maximum Gasteiger partial charge on any atom is 0.339 e. The SMILES string of the molecule is COC(=O)c1ccccc1NC(=O)c1ccc(OC2CCCC2)cc1. The van der Waals surface area contributed by atoms with Crippen LogP contribution in [0.4, 0.5) is 5.69 Å². The molecule has 1 amide bonds. The third-order valence-corrected chi connectivity index (χ3v) is 4.30. The minimum Gasteiger partial charge on any atom is -0.490 e. The Morgan fingerprint density at radius 2 is 1.68 bits per heavy atom. The molecule has 2 aromatic rings. The van der Waals surface area contributed by atoms with Gasteiger partial charge in [0.1, 0.15) is 5.75 Å². The van der Waals surface area contributed by atoms with Gasteiger partial charge in [-0.15, -0.1) is 0 Å². The summed E-state index contributed by atoms with van der Waals surface area (Å²) < 4.78 is 10.6. The molecule has 0 aromatic heterocycles. The normalized spacial score (nSPS) is 14.1. The predicted octanol–water partition coefficient (Wildman–Crippen LogP) is 4.05. The van der Waals surface area contributed by atoms with Crippen LogP contribution < -0.4 is 10.1 Å². The van der Waals surface area contributed by atoms with Crippen LogP contribution in [-0.4, -0.2) is 25.1 Å². The standard InChI is InChI=1S/C20H21NO4/c1-24-20(23)17-8-4-5-9-18(17)21-19(22)14-10-12-16(13-11-14)25-15-6-2-3-7-15/h4-5,8-13,15H,2-3,6-7H2,1H3,(H,21,22). The lowest BCUT2D eigenvalue weighted by Crippen LogP contribution is -2.15. The molecule has 0 heterocycles. The van der Waals surface area contributed by atoms with Crippen LogP contribution >= 0.6 is 0 Å². The van der Waals surface area contributed by atoms with Crippen molar-refractivity contribution in [2.75, 3.05) is 12.4 Å². The van der Waals surface area contributed by atoms with Gasteiger partial charge in [0.25, 0.3) is 5.91 Å². The first kappa shape index (κ1) is 17.0. The Morgan fingerprint density at radius 3 is 2.36 bits per heavy atom. The third kappa shape index (κ3) is 4.18. The molecule has 1 aliphatic rings. The lowest BCUT2D eigenvalue weighted by molar-refractivity contribution is 0.0602. The summed E-state index contributed by atoms with van der Waals surface area (Å²) in [5.74, 6) is -0.00149. The average molecular weight is 339 g/mol. The molecular formula is C20H21NO4. The minimum absolute atomic E-state index is 0.284. The highest BCUT2D eigenvalue weighted by molar-refractivity contribution is 6.08. The van der Waals surface area contributed by atoms with E-state index >= 15 is 0 Å². The van der Waals surface area contributed by atoms with Gasteiger partial charge in [-0.2, -0.15) is 0 Å². The van der Waals surface area contributed by atoms with Gasteiger partial charge < -0.3 is 14.8 Å². The van der Waals surface area contributed by atoms with E-state index in [1.807, 2.05) is 0 Å². The van der Waals surface area contributed by atoms with E-state index < -0.39 is 5.97 Å². The summed E-state index contributed by atoms with van der Waals surface area (Å²) in [5.41, 5.74) is 1.24. The molecule has 1 fully saturated rings. The minimum atomic E-state index is -0.490. The van der Waals surface area contributed by atoms with E-state index in [1.165, 1.54) is 20.0 Å². The number of methoxy groups -OCH3 is 1. The smallest absolute Gasteiger partial charge is 0.339 e. The third-order valence-electron chi connectivity index (χ3n) is 4.30. The van der Waals surface area contributed by atoms with Gasteiger partial charge in [-0.25, -0.2) is 4.79 Å². The molecule has 0 atom stereocenters. The summed E-state index contributed by atoms with van der Waals surface area (Å²) in [6.45, 7) is 0. The van der Waals surface area contributed by atoms with Gasteiger partial charge in [0.2, 0.25) is 0 Å². The van der Waals surface area contributed by atoms with Crippen LogP contribution in [0.5, 0.6) is 5.75 Å². The Hall–Kier alpha value is -2.82.